The van der Waals surface area contributed by atoms with Crippen LogP contribution in [0, 0.1) is 0 Å². The van der Waals surface area contributed by atoms with Crippen molar-refractivity contribution in [2.75, 3.05) is 13.1 Å². The van der Waals surface area contributed by atoms with Gasteiger partial charge in [-0.25, -0.2) is 0 Å². The van der Waals surface area contributed by atoms with E-state index in [0.29, 0.717) is 38.8 Å². The number of aliphatic hydroxyl groups excluding tert-OH is 2. The molecule has 4 amide bonds. The fourth-order valence-corrected chi connectivity index (χ4v) is 3.85. The number of likely N-dealkylation sites (tertiary alicyclic amines) is 2. The van der Waals surface area contributed by atoms with Crippen molar-refractivity contribution in [3.05, 3.63) is 0 Å². The summed E-state index contributed by atoms with van der Waals surface area (Å²) in [6, 6.07) is -4.05. The molecule has 0 bridgehead atoms. The first-order chi connectivity index (χ1) is 14.1. The Labute approximate surface area is 170 Å². The maximum atomic E-state index is 13.2. The first-order valence-electron chi connectivity index (χ1n) is 10.3. The maximum Gasteiger partial charge on any atom is 0.246 e. The molecule has 2 saturated heterocycles. The topological polar surface area (TPSA) is 179 Å². The van der Waals surface area contributed by atoms with Gasteiger partial charge in [0.05, 0.1) is 12.2 Å². The number of nitrogens with one attached hydrogen (secondary N) is 1. The van der Waals surface area contributed by atoms with Crippen LogP contribution in [0.1, 0.15) is 39.5 Å². The van der Waals surface area contributed by atoms with E-state index >= 15 is 0 Å². The quantitative estimate of drug-likeness (QED) is 0.281. The summed E-state index contributed by atoms with van der Waals surface area (Å²) in [5.41, 5.74) is 7.25. The maximum absolute atomic E-state index is 13.2. The summed E-state index contributed by atoms with van der Waals surface area (Å²) in [7, 11) is 0. The van der Waals surface area contributed by atoms with Gasteiger partial charge in [-0.1, -0.05) is 0 Å². The standard InChI is InChI=1S/C18H31N5O6/c1-9(24)13(19)18(29)23-8-4-6-12(23)17(28)22-7-3-5-11(22)16(27)21-14(10(2)25)15(20)26/h9-14,24-25H,3-8,19H2,1-2H3,(H2,20,26)(H,21,27)/t9-,10-,11+,12+,13+,14+/m1/s1/i/hD. The van der Waals surface area contributed by atoms with Crippen molar-refractivity contribution in [1.82, 2.24) is 15.1 Å². The second-order valence-electron chi connectivity index (χ2n) is 7.73. The van der Waals surface area contributed by atoms with Crippen molar-refractivity contribution in [2.24, 2.45) is 11.5 Å². The van der Waals surface area contributed by atoms with Crippen LogP contribution in [0.3, 0.4) is 0 Å². The van der Waals surface area contributed by atoms with Crippen LogP contribution in [0.2, 0.25) is 1.41 Å². The fourth-order valence-electron chi connectivity index (χ4n) is 3.85. The second-order valence-corrected chi connectivity index (χ2v) is 7.73. The van der Waals surface area contributed by atoms with Crippen molar-refractivity contribution < 1.29 is 30.8 Å². The van der Waals surface area contributed by atoms with Crippen LogP contribution in [0.25, 0.3) is 0 Å². The lowest BCUT2D eigenvalue weighted by atomic mass is 10.1. The molecule has 0 radical (unpaired) electrons. The lowest BCUT2D eigenvalue weighted by Crippen LogP contribution is -2.58. The van der Waals surface area contributed by atoms with Crippen molar-refractivity contribution >= 4 is 23.6 Å². The summed E-state index contributed by atoms with van der Waals surface area (Å²) in [6.45, 7) is 3.35. The Bertz CT molecular complexity index is 675. The van der Waals surface area contributed by atoms with Crippen LogP contribution >= 0.6 is 0 Å². The van der Waals surface area contributed by atoms with Gasteiger partial charge in [0.25, 0.3) is 0 Å². The van der Waals surface area contributed by atoms with Crippen LogP contribution < -0.4 is 16.8 Å². The Morgan fingerprint density at radius 2 is 1.62 bits per heavy atom. The van der Waals surface area contributed by atoms with Crippen LogP contribution in [-0.4, -0.2) is 93.1 Å². The fraction of sp³-hybridized carbons (Fsp3) is 0.778. The zero-order valence-electron chi connectivity index (χ0n) is 17.7. The molecular formula is C18H31N5O6. The smallest absolute Gasteiger partial charge is 0.246 e. The summed E-state index contributed by atoms with van der Waals surface area (Å²) in [4.78, 5) is 52.8. The molecule has 2 rings (SSSR count). The number of carbonyl (C=O) groups is 4. The monoisotopic (exact) mass is 414 g/mol. The minimum atomic E-state index is -1.27. The van der Waals surface area contributed by atoms with Gasteiger partial charge >= 0.3 is 0 Å². The number of hydrogen-bond donors (Lipinski definition) is 5. The molecule has 11 heteroatoms. The number of aliphatic hydroxyl groups is 2. The third-order valence-electron chi connectivity index (χ3n) is 5.49. The molecule has 2 aliphatic rings. The number of nitrogens with zero attached hydrogens (tertiary/aromatic N) is 2. The lowest BCUT2D eigenvalue weighted by molar-refractivity contribution is -0.148. The normalized spacial score (nSPS) is 26.4. The van der Waals surface area contributed by atoms with E-state index in [0.717, 1.165) is 0 Å². The van der Waals surface area contributed by atoms with E-state index in [1.165, 1.54) is 23.6 Å². The first-order valence-corrected chi connectivity index (χ1v) is 9.84. The Morgan fingerprint density at radius 3 is 2.14 bits per heavy atom. The number of primary amides is 1. The molecule has 29 heavy (non-hydrogen) atoms. The highest BCUT2D eigenvalue weighted by molar-refractivity contribution is 5.95. The van der Waals surface area contributed by atoms with E-state index in [1.807, 2.05) is 5.73 Å². The largest absolute Gasteiger partial charge is 0.391 e. The van der Waals surface area contributed by atoms with Gasteiger partial charge < -0.3 is 36.8 Å². The Morgan fingerprint density at radius 1 is 1.03 bits per heavy atom. The zero-order valence-corrected chi connectivity index (χ0v) is 16.7. The first kappa shape index (κ1) is 21.5. The molecule has 7 N–H and O–H groups in total. The molecule has 2 heterocycles. The van der Waals surface area contributed by atoms with E-state index < -0.39 is 54.1 Å². The molecule has 0 aliphatic carbocycles. The van der Waals surface area contributed by atoms with Crippen molar-refractivity contribution in [2.45, 2.75) is 75.9 Å². The third kappa shape index (κ3) is 5.03. The Balaban J connectivity index is 2.13. The molecular weight excluding hydrogens is 382 g/mol. The van der Waals surface area contributed by atoms with E-state index in [-0.39, 0.29) is 5.91 Å². The van der Waals surface area contributed by atoms with Gasteiger partial charge in [0, 0.05) is 13.1 Å². The average Bonchev–Trinajstić information content (AvgIpc) is 3.34. The highest BCUT2D eigenvalue weighted by Crippen LogP contribution is 2.25. The van der Waals surface area contributed by atoms with Gasteiger partial charge in [-0.3, -0.25) is 19.2 Å². The van der Waals surface area contributed by atoms with Crippen LogP contribution in [0.5, 0.6) is 0 Å². The predicted octanol–water partition coefficient (Wildman–Crippen LogP) is -2.97. The molecule has 0 saturated carbocycles. The van der Waals surface area contributed by atoms with E-state index in [4.69, 9.17) is 7.15 Å². The summed E-state index contributed by atoms with van der Waals surface area (Å²) < 4.78 is 7.28. The number of nitrogens with two attached hydrogens (primary N) is 2. The molecule has 0 aromatic carbocycles. The SMILES string of the molecule is [2H]N[C@H](C(=O)N1CCC[C@H]1C(=O)N1CCC[C@H]1C(=O)N[C@H](C(N)=O)[C@@H](C)O)[C@@H](C)O. The molecule has 2 fully saturated rings. The Hall–Kier alpha value is -2.24. The van der Waals surface area contributed by atoms with Crippen LogP contribution in [-0.2, 0) is 19.2 Å². The van der Waals surface area contributed by atoms with Gasteiger partial charge in [0.1, 0.15) is 25.6 Å². The lowest BCUT2D eigenvalue weighted by Gasteiger charge is -2.33. The van der Waals surface area contributed by atoms with E-state index in [2.05, 4.69) is 5.32 Å². The molecule has 0 spiro atoms. The predicted molar refractivity (Wildman–Crippen MR) is 102 cm³/mol. The molecule has 0 aromatic rings. The van der Waals surface area contributed by atoms with Crippen LogP contribution in [0.15, 0.2) is 0 Å². The number of carbonyl (C=O) groups excluding carboxylic acids is 4. The molecule has 0 unspecified atom stereocenters. The molecule has 6 atom stereocenters. The minimum absolute atomic E-state index is 0.316. The van der Waals surface area contributed by atoms with Crippen LogP contribution in [0.4, 0.5) is 0 Å². The second kappa shape index (κ2) is 9.51. The molecule has 0 aromatic heterocycles. The van der Waals surface area contributed by atoms with Gasteiger partial charge in [-0.15, -0.1) is 0 Å². The highest BCUT2D eigenvalue weighted by atomic mass is 16.3. The summed E-state index contributed by atoms with van der Waals surface area (Å²) in [5, 5.41) is 21.8. The zero-order chi connectivity index (χ0) is 22.6. The average molecular weight is 414 g/mol. The van der Waals surface area contributed by atoms with E-state index in [1.54, 1.807) is 0 Å². The number of amides is 4. The van der Waals surface area contributed by atoms with Crippen molar-refractivity contribution in [3.8, 4) is 0 Å². The van der Waals surface area contributed by atoms with Gasteiger partial charge in [-0.2, -0.15) is 0 Å². The summed E-state index contributed by atoms with van der Waals surface area (Å²) in [6.07, 6.45) is -0.336. The minimum Gasteiger partial charge on any atom is -0.391 e. The van der Waals surface area contributed by atoms with Gasteiger partial charge in [0.2, 0.25) is 23.6 Å². The summed E-state index contributed by atoms with van der Waals surface area (Å²) >= 11 is 0. The van der Waals surface area contributed by atoms with Gasteiger partial charge in [0.15, 0.2) is 0 Å². The van der Waals surface area contributed by atoms with Crippen molar-refractivity contribution in [3.63, 3.8) is 0 Å². The number of hydrogen-bond acceptors (Lipinski definition) is 7. The van der Waals surface area contributed by atoms with Gasteiger partial charge in [-0.05, 0) is 39.5 Å². The molecule has 2 aliphatic heterocycles. The number of rotatable bonds is 8. The van der Waals surface area contributed by atoms with Crippen molar-refractivity contribution in [1.29, 1.82) is 0 Å². The Kier molecular flexibility index (Phi) is 7.04. The summed E-state index contributed by atoms with van der Waals surface area (Å²) in [5.74, 6) is -2.40. The third-order valence-corrected chi connectivity index (χ3v) is 5.49. The molecule has 164 valence electrons. The highest BCUT2D eigenvalue weighted by Gasteiger charge is 2.43. The molecule has 11 nitrogen and oxygen atoms in total. The van der Waals surface area contributed by atoms with E-state index in [9.17, 15) is 29.4 Å².